The van der Waals surface area contributed by atoms with Crippen molar-refractivity contribution in [2.45, 2.75) is 26.4 Å². The molecule has 0 aromatic carbocycles. The van der Waals surface area contributed by atoms with Crippen molar-refractivity contribution < 1.29 is 13.9 Å². The molecule has 0 heterocycles. The number of carbonyl (C=O) groups is 1. The van der Waals surface area contributed by atoms with E-state index in [9.17, 15) is 9.18 Å². The Balaban J connectivity index is 3.63. The number of hydrogen-bond acceptors (Lipinski definition) is 2. The minimum atomic E-state index is -1.51. The Kier molecular flexibility index (Phi) is 5.43. The molecule has 3 heteroatoms. The van der Waals surface area contributed by atoms with E-state index in [1.807, 2.05) is 0 Å². The summed E-state index contributed by atoms with van der Waals surface area (Å²) in [4.78, 5) is 10.6. The quantitative estimate of drug-likeness (QED) is 0.463. The Morgan fingerprint density at radius 1 is 1.73 bits per heavy atom. The normalized spacial score (nSPS) is 13.4. The second-order valence-electron chi connectivity index (χ2n) is 2.02. The Bertz CT molecular complexity index is 143. The van der Waals surface area contributed by atoms with E-state index in [2.05, 4.69) is 4.74 Å². The largest absolute Gasteiger partial charge is 0.464 e. The van der Waals surface area contributed by atoms with Gasteiger partial charge in [-0.25, -0.2) is 9.18 Å². The number of halogens is 1. The molecule has 2 nitrogen and oxygen atoms in total. The molecular weight excluding hydrogens is 147 g/mol. The van der Waals surface area contributed by atoms with Crippen LogP contribution in [0, 0.1) is 0 Å². The third-order valence-electron chi connectivity index (χ3n) is 1.12. The van der Waals surface area contributed by atoms with Crippen molar-refractivity contribution >= 4 is 5.97 Å². The monoisotopic (exact) mass is 160 g/mol. The standard InChI is InChI=1S/C8H13FO2/c1-3-5-6-7(9)8(10)11-4-2/h3,5,7H,4,6H2,1-2H3/b5-3-. The number of hydrogen-bond donors (Lipinski definition) is 0. The van der Waals surface area contributed by atoms with Crippen LogP contribution in [0.1, 0.15) is 20.3 Å². The van der Waals surface area contributed by atoms with Gasteiger partial charge in [0.05, 0.1) is 6.61 Å². The van der Waals surface area contributed by atoms with Gasteiger partial charge >= 0.3 is 5.97 Å². The van der Waals surface area contributed by atoms with E-state index in [-0.39, 0.29) is 13.0 Å². The predicted molar refractivity (Wildman–Crippen MR) is 41.0 cm³/mol. The summed E-state index contributed by atoms with van der Waals surface area (Å²) in [5.41, 5.74) is 0. The molecule has 0 aliphatic heterocycles. The Morgan fingerprint density at radius 2 is 2.36 bits per heavy atom. The number of allylic oxidation sites excluding steroid dienone is 2. The minimum absolute atomic E-state index is 0.106. The zero-order chi connectivity index (χ0) is 8.69. The third-order valence-corrected chi connectivity index (χ3v) is 1.12. The highest BCUT2D eigenvalue weighted by atomic mass is 19.1. The molecule has 64 valence electrons. The van der Waals surface area contributed by atoms with E-state index in [0.29, 0.717) is 0 Å². The molecule has 0 fully saturated rings. The van der Waals surface area contributed by atoms with Crippen LogP contribution in [-0.2, 0) is 9.53 Å². The predicted octanol–water partition coefficient (Wildman–Crippen LogP) is 1.85. The van der Waals surface area contributed by atoms with E-state index in [1.165, 1.54) is 0 Å². The Hall–Kier alpha value is -0.860. The molecule has 0 aromatic heterocycles. The van der Waals surface area contributed by atoms with Gasteiger partial charge in [-0.1, -0.05) is 12.2 Å². The van der Waals surface area contributed by atoms with Gasteiger partial charge in [-0.2, -0.15) is 0 Å². The van der Waals surface area contributed by atoms with Gasteiger partial charge in [0, 0.05) is 6.42 Å². The van der Waals surface area contributed by atoms with Gasteiger partial charge in [0.2, 0.25) is 6.17 Å². The van der Waals surface area contributed by atoms with Crippen LogP contribution in [0.4, 0.5) is 4.39 Å². The lowest BCUT2D eigenvalue weighted by Crippen LogP contribution is -2.17. The first-order valence-electron chi connectivity index (χ1n) is 3.64. The molecule has 0 amide bonds. The van der Waals surface area contributed by atoms with Gasteiger partial charge in [-0.05, 0) is 13.8 Å². The first-order valence-corrected chi connectivity index (χ1v) is 3.64. The zero-order valence-electron chi connectivity index (χ0n) is 6.84. The molecule has 11 heavy (non-hydrogen) atoms. The first-order chi connectivity index (χ1) is 5.22. The van der Waals surface area contributed by atoms with Crippen LogP contribution in [0.25, 0.3) is 0 Å². The van der Waals surface area contributed by atoms with E-state index in [4.69, 9.17) is 0 Å². The van der Waals surface area contributed by atoms with Gasteiger partial charge in [0.25, 0.3) is 0 Å². The average Bonchev–Trinajstić information content (AvgIpc) is 2.00. The molecule has 0 N–H and O–H groups in total. The summed E-state index contributed by atoms with van der Waals surface area (Å²) < 4.78 is 17.1. The molecule has 0 saturated heterocycles. The maximum absolute atomic E-state index is 12.6. The number of alkyl halides is 1. The van der Waals surface area contributed by atoms with Gasteiger partial charge < -0.3 is 4.74 Å². The maximum atomic E-state index is 12.6. The molecule has 0 aliphatic rings. The van der Waals surface area contributed by atoms with Crippen LogP contribution in [0.5, 0.6) is 0 Å². The molecule has 0 rings (SSSR count). The second-order valence-corrected chi connectivity index (χ2v) is 2.02. The average molecular weight is 160 g/mol. The SMILES string of the molecule is C/C=C\CC(F)C(=O)OCC. The van der Waals surface area contributed by atoms with Gasteiger partial charge in [-0.3, -0.25) is 0 Å². The summed E-state index contributed by atoms with van der Waals surface area (Å²) >= 11 is 0. The number of carbonyl (C=O) groups excluding carboxylic acids is 1. The number of ether oxygens (including phenoxy) is 1. The molecule has 0 aromatic rings. The molecular formula is C8H13FO2. The van der Waals surface area contributed by atoms with Crippen LogP contribution >= 0.6 is 0 Å². The minimum Gasteiger partial charge on any atom is -0.464 e. The van der Waals surface area contributed by atoms with Crippen LogP contribution < -0.4 is 0 Å². The zero-order valence-corrected chi connectivity index (χ0v) is 6.84. The molecule has 0 radical (unpaired) electrons. The summed E-state index contributed by atoms with van der Waals surface area (Å²) in [6.07, 6.45) is 1.90. The molecule has 0 spiro atoms. The first kappa shape index (κ1) is 10.1. The topological polar surface area (TPSA) is 26.3 Å². The van der Waals surface area contributed by atoms with Crippen molar-refractivity contribution in [3.63, 3.8) is 0 Å². The summed E-state index contributed by atoms with van der Waals surface area (Å²) in [5, 5.41) is 0. The number of esters is 1. The van der Waals surface area contributed by atoms with E-state index >= 15 is 0 Å². The third kappa shape index (κ3) is 4.53. The Morgan fingerprint density at radius 3 is 2.82 bits per heavy atom. The highest BCUT2D eigenvalue weighted by molar-refractivity contribution is 5.74. The van der Waals surface area contributed by atoms with Crippen molar-refractivity contribution in [3.8, 4) is 0 Å². The summed E-state index contributed by atoms with van der Waals surface area (Å²) in [6.45, 7) is 3.66. The molecule has 1 atom stereocenters. The molecule has 0 bridgehead atoms. The van der Waals surface area contributed by atoms with Crippen LogP contribution in [0.15, 0.2) is 12.2 Å². The lowest BCUT2D eigenvalue weighted by molar-refractivity contribution is -0.148. The molecule has 0 saturated carbocycles. The highest BCUT2D eigenvalue weighted by Crippen LogP contribution is 2.01. The van der Waals surface area contributed by atoms with E-state index in [1.54, 1.807) is 26.0 Å². The Labute approximate surface area is 66.0 Å². The number of rotatable bonds is 4. The smallest absolute Gasteiger partial charge is 0.341 e. The van der Waals surface area contributed by atoms with Crippen LogP contribution in [0.3, 0.4) is 0 Å². The fourth-order valence-electron chi connectivity index (χ4n) is 0.584. The van der Waals surface area contributed by atoms with E-state index in [0.717, 1.165) is 0 Å². The highest BCUT2D eigenvalue weighted by Gasteiger charge is 2.15. The van der Waals surface area contributed by atoms with Gasteiger partial charge in [0.15, 0.2) is 0 Å². The second kappa shape index (κ2) is 5.89. The lowest BCUT2D eigenvalue weighted by atomic mass is 10.2. The molecule has 1 unspecified atom stereocenters. The van der Waals surface area contributed by atoms with Crippen molar-refractivity contribution in [2.24, 2.45) is 0 Å². The summed E-state index contributed by atoms with van der Waals surface area (Å²) in [6, 6.07) is 0. The van der Waals surface area contributed by atoms with Crippen molar-refractivity contribution in [1.82, 2.24) is 0 Å². The maximum Gasteiger partial charge on any atom is 0.341 e. The molecule has 0 aliphatic carbocycles. The van der Waals surface area contributed by atoms with E-state index < -0.39 is 12.1 Å². The van der Waals surface area contributed by atoms with Crippen molar-refractivity contribution in [1.29, 1.82) is 0 Å². The fraction of sp³-hybridized carbons (Fsp3) is 0.625. The van der Waals surface area contributed by atoms with Crippen LogP contribution in [-0.4, -0.2) is 18.7 Å². The van der Waals surface area contributed by atoms with Crippen LogP contribution in [0.2, 0.25) is 0 Å². The summed E-state index contributed by atoms with van der Waals surface area (Å²) in [7, 11) is 0. The van der Waals surface area contributed by atoms with Crippen molar-refractivity contribution in [2.75, 3.05) is 6.61 Å². The van der Waals surface area contributed by atoms with Gasteiger partial charge in [0.1, 0.15) is 0 Å². The van der Waals surface area contributed by atoms with Crippen molar-refractivity contribution in [3.05, 3.63) is 12.2 Å². The summed E-state index contributed by atoms with van der Waals surface area (Å²) in [5.74, 6) is -0.773. The lowest BCUT2D eigenvalue weighted by Gasteiger charge is -2.03. The fourth-order valence-corrected chi connectivity index (χ4v) is 0.584. The van der Waals surface area contributed by atoms with Gasteiger partial charge in [-0.15, -0.1) is 0 Å².